The van der Waals surface area contributed by atoms with Gasteiger partial charge < -0.3 is 20.5 Å². The normalized spacial score (nSPS) is 17.3. The summed E-state index contributed by atoms with van der Waals surface area (Å²) in [5.74, 6) is 0.165. The lowest BCUT2D eigenvalue weighted by Crippen LogP contribution is -2.47. The summed E-state index contributed by atoms with van der Waals surface area (Å²) in [7, 11) is 0. The van der Waals surface area contributed by atoms with Crippen molar-refractivity contribution in [2.24, 2.45) is 11.7 Å². The monoisotopic (exact) mass is 346 g/mol. The van der Waals surface area contributed by atoms with Crippen LogP contribution >= 0.6 is 0 Å². The van der Waals surface area contributed by atoms with Gasteiger partial charge in [0.25, 0.3) is 0 Å². The van der Waals surface area contributed by atoms with Crippen molar-refractivity contribution >= 4 is 5.91 Å². The Hall–Kier alpha value is -1.80. The fourth-order valence-electron chi connectivity index (χ4n) is 2.49. The minimum Gasteiger partial charge on any atom is -0.492 e. The lowest BCUT2D eigenvalue weighted by Gasteiger charge is -2.26. The second-order valence-corrected chi connectivity index (χ2v) is 5.64. The average Bonchev–Trinajstić information content (AvgIpc) is 2.58. The van der Waals surface area contributed by atoms with Crippen LogP contribution in [-0.2, 0) is 15.7 Å². The van der Waals surface area contributed by atoms with Gasteiger partial charge in [-0.1, -0.05) is 0 Å². The molecular formula is C16H21F3N2O3. The summed E-state index contributed by atoms with van der Waals surface area (Å²) in [5.41, 5.74) is 5.20. The summed E-state index contributed by atoms with van der Waals surface area (Å²) in [4.78, 5) is 12.0. The van der Waals surface area contributed by atoms with Gasteiger partial charge in [-0.2, -0.15) is 13.2 Å². The fraction of sp³-hybridized carbons (Fsp3) is 0.562. The van der Waals surface area contributed by atoms with E-state index in [1.807, 2.05) is 0 Å². The molecule has 1 fully saturated rings. The molecule has 2 rings (SSSR count). The number of carbonyl (C=O) groups is 1. The van der Waals surface area contributed by atoms with Crippen LogP contribution in [0.1, 0.15) is 18.4 Å². The molecule has 1 saturated heterocycles. The fourth-order valence-corrected chi connectivity index (χ4v) is 2.49. The first-order valence-corrected chi connectivity index (χ1v) is 7.79. The van der Waals surface area contributed by atoms with E-state index in [0.717, 1.165) is 25.0 Å². The average molecular weight is 346 g/mol. The highest BCUT2D eigenvalue weighted by Crippen LogP contribution is 2.30. The number of hydrogen-bond acceptors (Lipinski definition) is 4. The number of amides is 1. The third kappa shape index (κ3) is 5.38. The molecule has 1 atom stereocenters. The molecule has 3 N–H and O–H groups in total. The predicted molar refractivity (Wildman–Crippen MR) is 81.5 cm³/mol. The molecule has 0 aliphatic carbocycles. The van der Waals surface area contributed by atoms with Crippen molar-refractivity contribution in [3.05, 3.63) is 29.8 Å². The van der Waals surface area contributed by atoms with E-state index < -0.39 is 17.8 Å². The number of halogens is 3. The van der Waals surface area contributed by atoms with E-state index in [1.54, 1.807) is 0 Å². The van der Waals surface area contributed by atoms with Crippen molar-refractivity contribution in [2.45, 2.75) is 25.1 Å². The Morgan fingerprint density at radius 1 is 1.29 bits per heavy atom. The molecule has 1 aliphatic rings. The van der Waals surface area contributed by atoms with E-state index >= 15 is 0 Å². The predicted octanol–water partition coefficient (Wildman–Crippen LogP) is 1.95. The lowest BCUT2D eigenvalue weighted by molar-refractivity contribution is -0.137. The summed E-state index contributed by atoms with van der Waals surface area (Å²) >= 11 is 0. The number of benzene rings is 1. The third-order valence-corrected chi connectivity index (χ3v) is 3.93. The van der Waals surface area contributed by atoms with E-state index in [1.165, 1.54) is 12.1 Å². The molecule has 1 aromatic rings. The Labute approximate surface area is 138 Å². The first-order valence-electron chi connectivity index (χ1n) is 7.79. The number of rotatable bonds is 6. The minimum absolute atomic E-state index is 0.106. The molecule has 24 heavy (non-hydrogen) atoms. The second-order valence-electron chi connectivity index (χ2n) is 5.64. The minimum atomic E-state index is -4.37. The number of ether oxygens (including phenoxy) is 2. The Balaban J connectivity index is 1.69. The van der Waals surface area contributed by atoms with Gasteiger partial charge in [-0.25, -0.2) is 0 Å². The van der Waals surface area contributed by atoms with Crippen LogP contribution in [0.2, 0.25) is 0 Å². The van der Waals surface area contributed by atoms with Crippen LogP contribution in [0.25, 0.3) is 0 Å². The van der Waals surface area contributed by atoms with Crippen LogP contribution in [0.4, 0.5) is 13.2 Å². The second kappa shape index (κ2) is 8.34. The smallest absolute Gasteiger partial charge is 0.416 e. The van der Waals surface area contributed by atoms with Gasteiger partial charge in [-0.05, 0) is 43.0 Å². The Morgan fingerprint density at radius 3 is 2.50 bits per heavy atom. The maximum atomic E-state index is 12.4. The van der Waals surface area contributed by atoms with Crippen LogP contribution in [0, 0.1) is 5.92 Å². The highest BCUT2D eigenvalue weighted by molar-refractivity contribution is 5.81. The van der Waals surface area contributed by atoms with Crippen molar-refractivity contribution in [2.75, 3.05) is 26.4 Å². The number of hydrogen-bond donors (Lipinski definition) is 2. The molecule has 1 heterocycles. The molecule has 1 amide bonds. The van der Waals surface area contributed by atoms with Gasteiger partial charge in [0, 0.05) is 13.2 Å². The number of nitrogens with one attached hydrogen (secondary N) is 1. The van der Waals surface area contributed by atoms with Crippen LogP contribution in [0.3, 0.4) is 0 Å². The quantitative estimate of drug-likeness (QED) is 0.772. The van der Waals surface area contributed by atoms with Crippen LogP contribution in [0.15, 0.2) is 24.3 Å². The van der Waals surface area contributed by atoms with E-state index in [4.69, 9.17) is 15.2 Å². The van der Waals surface area contributed by atoms with Gasteiger partial charge >= 0.3 is 6.18 Å². The highest BCUT2D eigenvalue weighted by atomic mass is 19.4. The van der Waals surface area contributed by atoms with Gasteiger partial charge in [0.05, 0.1) is 18.2 Å². The molecule has 1 aliphatic heterocycles. The zero-order valence-corrected chi connectivity index (χ0v) is 13.1. The molecule has 5 nitrogen and oxygen atoms in total. The summed E-state index contributed by atoms with van der Waals surface area (Å²) in [6.45, 7) is 1.61. The first-order chi connectivity index (χ1) is 11.4. The molecule has 0 spiro atoms. The van der Waals surface area contributed by atoms with E-state index in [9.17, 15) is 18.0 Å². The van der Waals surface area contributed by atoms with Crippen LogP contribution < -0.4 is 15.8 Å². The molecule has 134 valence electrons. The summed E-state index contributed by atoms with van der Waals surface area (Å²) < 4.78 is 47.8. The molecule has 0 aromatic heterocycles. The van der Waals surface area contributed by atoms with E-state index in [0.29, 0.717) is 19.0 Å². The number of nitrogens with two attached hydrogens (primary N) is 1. The Kier molecular flexibility index (Phi) is 6.44. The van der Waals surface area contributed by atoms with E-state index in [2.05, 4.69) is 5.32 Å². The lowest BCUT2D eigenvalue weighted by atomic mass is 9.92. The molecule has 0 saturated carbocycles. The van der Waals surface area contributed by atoms with Gasteiger partial charge in [0.15, 0.2) is 0 Å². The van der Waals surface area contributed by atoms with E-state index in [-0.39, 0.29) is 25.0 Å². The third-order valence-electron chi connectivity index (χ3n) is 3.93. The summed E-state index contributed by atoms with van der Waals surface area (Å²) in [6, 6.07) is 3.82. The Morgan fingerprint density at radius 2 is 1.92 bits per heavy atom. The molecule has 0 radical (unpaired) electrons. The molecule has 0 bridgehead atoms. The standard InChI is InChI=1S/C16H21F3N2O3/c17-16(18,19)12-1-3-13(4-2-12)24-10-7-21-15(22)14(20)11-5-8-23-9-6-11/h1-4,11,14H,5-10,20H2,(H,21,22). The first kappa shape index (κ1) is 18.5. The number of carbonyl (C=O) groups excluding carboxylic acids is 1. The number of alkyl halides is 3. The van der Waals surface area contributed by atoms with Crippen LogP contribution in [0.5, 0.6) is 5.75 Å². The molecular weight excluding hydrogens is 325 g/mol. The van der Waals surface area contributed by atoms with Crippen molar-refractivity contribution < 1.29 is 27.4 Å². The Bertz CT molecular complexity index is 528. The van der Waals surface area contributed by atoms with Crippen molar-refractivity contribution in [1.29, 1.82) is 0 Å². The molecule has 1 aromatic carbocycles. The van der Waals surface area contributed by atoms with Crippen LogP contribution in [-0.4, -0.2) is 38.3 Å². The van der Waals surface area contributed by atoms with Crippen molar-refractivity contribution in [3.8, 4) is 5.75 Å². The highest BCUT2D eigenvalue weighted by Gasteiger charge is 2.30. The van der Waals surface area contributed by atoms with Gasteiger partial charge in [0.1, 0.15) is 12.4 Å². The largest absolute Gasteiger partial charge is 0.492 e. The maximum absolute atomic E-state index is 12.4. The van der Waals surface area contributed by atoms with Gasteiger partial charge in [-0.3, -0.25) is 4.79 Å². The van der Waals surface area contributed by atoms with Crippen molar-refractivity contribution in [3.63, 3.8) is 0 Å². The van der Waals surface area contributed by atoms with Gasteiger partial charge in [-0.15, -0.1) is 0 Å². The zero-order valence-electron chi connectivity index (χ0n) is 13.1. The summed E-state index contributed by atoms with van der Waals surface area (Å²) in [5, 5.41) is 2.68. The SMILES string of the molecule is NC(C(=O)NCCOc1ccc(C(F)(F)F)cc1)C1CCOCC1. The van der Waals surface area contributed by atoms with Crippen molar-refractivity contribution in [1.82, 2.24) is 5.32 Å². The molecule has 8 heteroatoms. The maximum Gasteiger partial charge on any atom is 0.416 e. The summed E-state index contributed by atoms with van der Waals surface area (Å²) in [6.07, 6.45) is -2.85. The topological polar surface area (TPSA) is 73.6 Å². The zero-order chi connectivity index (χ0) is 17.6. The van der Waals surface area contributed by atoms with Gasteiger partial charge in [0.2, 0.25) is 5.91 Å². The molecule has 1 unspecified atom stereocenters.